The number of rotatable bonds is 2. The van der Waals surface area contributed by atoms with Crippen LogP contribution in [0.25, 0.3) is 11.5 Å². The lowest BCUT2D eigenvalue weighted by Crippen LogP contribution is -2.30. The molecule has 0 aliphatic rings. The Morgan fingerprint density at radius 2 is 2.29 bits per heavy atom. The maximum Gasteiger partial charge on any atom is 0.333 e. The summed E-state index contributed by atoms with van der Waals surface area (Å²) in [6.07, 6.45) is 1.69. The largest absolute Gasteiger partial charge is 0.460 e. The first-order valence-corrected chi connectivity index (χ1v) is 4.90. The van der Waals surface area contributed by atoms with Gasteiger partial charge in [0.05, 0.1) is 20.4 Å². The van der Waals surface area contributed by atoms with E-state index in [2.05, 4.69) is 15.3 Å². The summed E-state index contributed by atoms with van der Waals surface area (Å²) in [6, 6.07) is 3.85. The third-order valence-corrected chi connectivity index (χ3v) is 2.98. The number of nitrogens with zero attached hydrogens (tertiary/aromatic N) is 1. The van der Waals surface area contributed by atoms with Crippen molar-refractivity contribution in [2.24, 2.45) is 7.05 Å². The Bertz CT molecular complexity index is 397. The Morgan fingerprint density at radius 1 is 1.50 bits per heavy atom. The van der Waals surface area contributed by atoms with E-state index in [-0.39, 0.29) is 17.0 Å². The predicted octanol–water partition coefficient (Wildman–Crippen LogP) is 2.45. The van der Waals surface area contributed by atoms with Crippen molar-refractivity contribution in [2.45, 2.75) is 0 Å². The maximum absolute atomic E-state index is 5.32. The number of aromatic nitrogens is 1. The van der Waals surface area contributed by atoms with Gasteiger partial charge in [-0.2, -0.15) is 0 Å². The van der Waals surface area contributed by atoms with E-state index in [9.17, 15) is 0 Å². The molecule has 2 aromatic heterocycles. The van der Waals surface area contributed by atoms with Gasteiger partial charge in [0.15, 0.2) is 11.5 Å². The van der Waals surface area contributed by atoms with Gasteiger partial charge in [-0.05, 0) is 12.1 Å². The Hall–Kier alpha value is -0.810. The highest BCUT2D eigenvalue weighted by molar-refractivity contribution is 8.93. The molecule has 0 bridgehead atoms. The van der Waals surface area contributed by atoms with Crippen LogP contribution < -0.4 is 9.88 Å². The molecule has 0 aromatic carbocycles. The molecule has 0 amide bonds. The molecule has 0 radical (unpaired) electrons. The highest BCUT2D eigenvalue weighted by Crippen LogP contribution is 2.22. The number of hydrogen-bond donors (Lipinski definition) is 1. The number of furan rings is 1. The Balaban J connectivity index is 0.000000980. The smallest absolute Gasteiger partial charge is 0.333 e. The normalized spacial score (nSPS) is 9.57. The van der Waals surface area contributed by atoms with Gasteiger partial charge in [0.2, 0.25) is 0 Å². The van der Waals surface area contributed by atoms with Crippen molar-refractivity contribution in [1.82, 2.24) is 0 Å². The van der Waals surface area contributed by atoms with E-state index in [1.165, 1.54) is 0 Å². The lowest BCUT2D eigenvalue weighted by Gasteiger charge is -1.93. The predicted molar refractivity (Wildman–Crippen MR) is 63.1 cm³/mol. The summed E-state index contributed by atoms with van der Waals surface area (Å²) in [7, 11) is 3.93. The SMILES string of the molecule is Br.CNc1scc(-c2ccco2)[n+]1C. The Kier molecular flexibility index (Phi) is 3.71. The summed E-state index contributed by atoms with van der Waals surface area (Å²) < 4.78 is 7.39. The molecule has 0 aliphatic heterocycles. The molecule has 5 heteroatoms. The van der Waals surface area contributed by atoms with Crippen LogP contribution in [0.15, 0.2) is 28.2 Å². The molecule has 14 heavy (non-hydrogen) atoms. The fourth-order valence-corrected chi connectivity index (χ4v) is 2.13. The fraction of sp³-hybridized carbons (Fsp3) is 0.222. The molecule has 0 spiro atoms. The molecule has 2 aromatic rings. The number of thiazole rings is 1. The highest BCUT2D eigenvalue weighted by atomic mass is 79.9. The van der Waals surface area contributed by atoms with E-state index in [0.29, 0.717) is 0 Å². The summed E-state index contributed by atoms with van der Waals surface area (Å²) in [6.45, 7) is 0. The fourth-order valence-electron chi connectivity index (χ4n) is 1.25. The summed E-state index contributed by atoms with van der Waals surface area (Å²) in [4.78, 5) is 0. The molecule has 76 valence electrons. The van der Waals surface area contributed by atoms with Crippen LogP contribution in [0.4, 0.5) is 5.13 Å². The van der Waals surface area contributed by atoms with E-state index in [4.69, 9.17) is 4.42 Å². The second kappa shape index (κ2) is 4.61. The van der Waals surface area contributed by atoms with E-state index >= 15 is 0 Å². The Morgan fingerprint density at radius 3 is 2.79 bits per heavy atom. The maximum atomic E-state index is 5.32. The molecule has 0 atom stereocenters. The van der Waals surface area contributed by atoms with Crippen LogP contribution in [0.1, 0.15) is 0 Å². The minimum atomic E-state index is 0. The molecule has 0 unspecified atom stereocenters. The van der Waals surface area contributed by atoms with Crippen LogP contribution in [0.2, 0.25) is 0 Å². The zero-order valence-electron chi connectivity index (χ0n) is 7.98. The van der Waals surface area contributed by atoms with Crippen LogP contribution in [0.5, 0.6) is 0 Å². The van der Waals surface area contributed by atoms with Crippen LogP contribution in [-0.4, -0.2) is 7.05 Å². The highest BCUT2D eigenvalue weighted by Gasteiger charge is 2.15. The van der Waals surface area contributed by atoms with Crippen molar-refractivity contribution in [1.29, 1.82) is 0 Å². The number of anilines is 1. The van der Waals surface area contributed by atoms with Gasteiger partial charge in [-0.1, -0.05) is 11.3 Å². The molecule has 0 aliphatic carbocycles. The van der Waals surface area contributed by atoms with Crippen molar-refractivity contribution in [3.05, 3.63) is 23.8 Å². The van der Waals surface area contributed by atoms with Crippen LogP contribution in [0.3, 0.4) is 0 Å². The molecule has 0 fully saturated rings. The second-order valence-corrected chi connectivity index (χ2v) is 3.57. The molecule has 1 N–H and O–H groups in total. The first kappa shape index (κ1) is 11.3. The lowest BCUT2D eigenvalue weighted by molar-refractivity contribution is -0.642. The van der Waals surface area contributed by atoms with Crippen molar-refractivity contribution in [2.75, 3.05) is 12.4 Å². The third kappa shape index (κ3) is 1.83. The molecule has 0 saturated carbocycles. The Labute approximate surface area is 97.1 Å². The van der Waals surface area contributed by atoms with Gasteiger partial charge >= 0.3 is 5.13 Å². The van der Waals surface area contributed by atoms with Gasteiger partial charge in [-0.3, -0.25) is 5.32 Å². The molecular formula is C9H12BrN2OS+. The minimum Gasteiger partial charge on any atom is -0.460 e. The van der Waals surface area contributed by atoms with Crippen LogP contribution in [-0.2, 0) is 7.05 Å². The van der Waals surface area contributed by atoms with Crippen molar-refractivity contribution in [3.8, 4) is 11.5 Å². The third-order valence-electron chi connectivity index (χ3n) is 1.94. The number of hydrogen-bond acceptors (Lipinski definition) is 3. The van der Waals surface area contributed by atoms with Gasteiger partial charge in [0.25, 0.3) is 0 Å². The zero-order valence-corrected chi connectivity index (χ0v) is 10.5. The summed E-state index contributed by atoms with van der Waals surface area (Å²) in [5.74, 6) is 0.903. The van der Waals surface area contributed by atoms with E-state index in [1.807, 2.05) is 26.2 Å². The van der Waals surface area contributed by atoms with Crippen LogP contribution in [0, 0.1) is 0 Å². The van der Waals surface area contributed by atoms with Gasteiger partial charge in [0, 0.05) is 5.38 Å². The molecule has 0 saturated heterocycles. The molecule has 2 heterocycles. The van der Waals surface area contributed by atoms with Gasteiger partial charge in [-0.25, -0.2) is 4.57 Å². The number of nitrogens with one attached hydrogen (secondary N) is 1. The molecule has 2 rings (SSSR count). The number of halogens is 1. The van der Waals surface area contributed by atoms with Crippen molar-refractivity contribution >= 4 is 33.4 Å². The summed E-state index contributed by atoms with van der Waals surface area (Å²) >= 11 is 1.67. The topological polar surface area (TPSA) is 29.1 Å². The van der Waals surface area contributed by atoms with Gasteiger partial charge < -0.3 is 4.42 Å². The van der Waals surface area contributed by atoms with E-state index < -0.39 is 0 Å². The quantitative estimate of drug-likeness (QED) is 0.854. The zero-order chi connectivity index (χ0) is 9.26. The standard InChI is InChI=1S/C9H10N2OS.BrH/c1-10-9-11(2)7(6-13-9)8-4-3-5-12-8;/h3-6H,1-2H3;1H/p+1. The van der Waals surface area contributed by atoms with Crippen LogP contribution >= 0.6 is 28.3 Å². The van der Waals surface area contributed by atoms with Gasteiger partial charge in [-0.15, -0.1) is 17.0 Å². The minimum absolute atomic E-state index is 0. The average Bonchev–Trinajstić information content (AvgIpc) is 2.72. The first-order chi connectivity index (χ1) is 6.33. The lowest BCUT2D eigenvalue weighted by atomic mass is 10.3. The van der Waals surface area contributed by atoms with Crippen molar-refractivity contribution in [3.63, 3.8) is 0 Å². The first-order valence-electron chi connectivity index (χ1n) is 4.02. The van der Waals surface area contributed by atoms with E-state index in [1.54, 1.807) is 17.6 Å². The second-order valence-electron chi connectivity index (χ2n) is 2.71. The van der Waals surface area contributed by atoms with Crippen molar-refractivity contribution < 1.29 is 8.98 Å². The summed E-state index contributed by atoms with van der Waals surface area (Å²) in [5.41, 5.74) is 1.10. The van der Waals surface area contributed by atoms with E-state index in [0.717, 1.165) is 16.6 Å². The van der Waals surface area contributed by atoms with Gasteiger partial charge in [0.1, 0.15) is 0 Å². The monoisotopic (exact) mass is 275 g/mol. The molecule has 3 nitrogen and oxygen atoms in total. The average molecular weight is 276 g/mol. The summed E-state index contributed by atoms with van der Waals surface area (Å²) in [5, 5.41) is 6.31. The molecular weight excluding hydrogens is 264 g/mol.